The number of primary sulfonamides is 1. The van der Waals surface area contributed by atoms with Gasteiger partial charge in [-0.2, -0.15) is 0 Å². The Hall–Kier alpha value is -1.05. The van der Waals surface area contributed by atoms with Crippen molar-refractivity contribution in [1.82, 2.24) is 9.88 Å². The molecule has 8 heteroatoms. The van der Waals surface area contributed by atoms with Crippen molar-refractivity contribution < 1.29 is 13.2 Å². The van der Waals surface area contributed by atoms with Gasteiger partial charge in [-0.3, -0.25) is 4.79 Å². The summed E-state index contributed by atoms with van der Waals surface area (Å²) >= 11 is 5.70. The molecule has 0 aliphatic carbocycles. The third kappa shape index (κ3) is 3.84. The predicted octanol–water partition coefficient (Wildman–Crippen LogP) is -0.303. The summed E-state index contributed by atoms with van der Waals surface area (Å²) in [6.07, 6.45) is 1.58. The van der Waals surface area contributed by atoms with Crippen LogP contribution in [0.25, 0.3) is 0 Å². The number of nitrogens with one attached hydrogen (secondary N) is 1. The smallest absolute Gasteiger partial charge is 0.267 e. The number of carbonyl (C=O) groups is 1. The number of carbonyl (C=O) groups excluding carboxylic acids is 1. The summed E-state index contributed by atoms with van der Waals surface area (Å²) in [5, 5.41) is 7.66. The molecule has 3 N–H and O–H groups in total. The Labute approximate surface area is 98.4 Å². The van der Waals surface area contributed by atoms with Crippen LogP contribution >= 0.6 is 11.6 Å². The van der Waals surface area contributed by atoms with Crippen LogP contribution in [0.1, 0.15) is 10.5 Å². The van der Waals surface area contributed by atoms with E-state index < -0.39 is 15.9 Å². The summed E-state index contributed by atoms with van der Waals surface area (Å²) in [7, 11) is -1.89. The molecule has 0 unspecified atom stereocenters. The average Bonchev–Trinajstić information content (AvgIpc) is 2.43. The highest BCUT2D eigenvalue weighted by molar-refractivity contribution is 7.89. The van der Waals surface area contributed by atoms with Gasteiger partial charge >= 0.3 is 0 Å². The lowest BCUT2D eigenvalue weighted by Crippen LogP contribution is -2.32. The van der Waals surface area contributed by atoms with Crippen molar-refractivity contribution in [3.63, 3.8) is 0 Å². The third-order valence-electron chi connectivity index (χ3n) is 1.88. The summed E-state index contributed by atoms with van der Waals surface area (Å²) in [4.78, 5) is 11.5. The average molecular weight is 266 g/mol. The molecule has 0 saturated heterocycles. The Balaban J connectivity index is 2.57. The van der Waals surface area contributed by atoms with Crippen LogP contribution in [0.4, 0.5) is 0 Å². The largest absolute Gasteiger partial charge is 0.350 e. The lowest BCUT2D eigenvalue weighted by molar-refractivity contribution is 0.0948. The molecule has 1 aromatic heterocycles. The highest BCUT2D eigenvalue weighted by atomic mass is 35.5. The van der Waals surface area contributed by atoms with E-state index in [1.807, 2.05) is 0 Å². The molecule has 16 heavy (non-hydrogen) atoms. The second-order valence-electron chi connectivity index (χ2n) is 3.28. The minimum atomic E-state index is -3.55. The molecule has 0 atom stereocenters. The van der Waals surface area contributed by atoms with Crippen LogP contribution in [0.5, 0.6) is 0 Å². The van der Waals surface area contributed by atoms with E-state index in [0.717, 1.165) is 0 Å². The fourth-order valence-electron chi connectivity index (χ4n) is 1.15. The topological polar surface area (TPSA) is 94.2 Å². The van der Waals surface area contributed by atoms with Crippen molar-refractivity contribution in [1.29, 1.82) is 0 Å². The van der Waals surface area contributed by atoms with Crippen LogP contribution in [0, 0.1) is 0 Å². The van der Waals surface area contributed by atoms with Crippen molar-refractivity contribution in [2.45, 2.75) is 0 Å². The van der Waals surface area contributed by atoms with Crippen molar-refractivity contribution in [3.05, 3.63) is 23.0 Å². The highest BCUT2D eigenvalue weighted by Crippen LogP contribution is 2.12. The number of hydrogen-bond donors (Lipinski definition) is 2. The Morgan fingerprint density at radius 3 is 2.69 bits per heavy atom. The first kappa shape index (κ1) is 13.0. The van der Waals surface area contributed by atoms with Crippen LogP contribution in [0.15, 0.2) is 12.3 Å². The first-order valence-corrected chi connectivity index (χ1v) is 6.49. The molecule has 1 rings (SSSR count). The second-order valence-corrected chi connectivity index (χ2v) is 5.45. The molecule has 0 saturated carbocycles. The minimum Gasteiger partial charge on any atom is -0.350 e. The van der Waals surface area contributed by atoms with E-state index in [1.165, 1.54) is 6.07 Å². The maximum absolute atomic E-state index is 11.5. The van der Waals surface area contributed by atoms with Crippen molar-refractivity contribution in [2.24, 2.45) is 12.2 Å². The molecule has 1 heterocycles. The molecule has 1 aromatic rings. The van der Waals surface area contributed by atoms with Crippen molar-refractivity contribution in [3.8, 4) is 0 Å². The van der Waals surface area contributed by atoms with Crippen LogP contribution in [0.2, 0.25) is 5.02 Å². The fourth-order valence-corrected chi connectivity index (χ4v) is 1.78. The van der Waals surface area contributed by atoms with Gasteiger partial charge in [-0.25, -0.2) is 13.6 Å². The zero-order valence-electron chi connectivity index (χ0n) is 8.60. The number of sulfonamides is 1. The normalized spacial score (nSPS) is 11.4. The monoisotopic (exact) mass is 265 g/mol. The van der Waals surface area contributed by atoms with E-state index in [-0.39, 0.29) is 12.3 Å². The minimum absolute atomic E-state index is 0.0273. The van der Waals surface area contributed by atoms with E-state index in [4.69, 9.17) is 16.7 Å². The Kier molecular flexibility index (Phi) is 3.95. The number of aryl methyl sites for hydroxylation is 1. The maximum atomic E-state index is 11.5. The molecule has 90 valence electrons. The van der Waals surface area contributed by atoms with Crippen molar-refractivity contribution >= 4 is 27.5 Å². The van der Waals surface area contributed by atoms with Gasteiger partial charge in [0.05, 0.1) is 10.8 Å². The zero-order valence-corrected chi connectivity index (χ0v) is 10.2. The lowest BCUT2D eigenvalue weighted by Gasteiger charge is -2.04. The molecular formula is C8H12ClN3O3S. The maximum Gasteiger partial charge on any atom is 0.267 e. The summed E-state index contributed by atoms with van der Waals surface area (Å²) in [5.41, 5.74) is 0.361. The Morgan fingerprint density at radius 2 is 2.25 bits per heavy atom. The Morgan fingerprint density at radius 1 is 1.62 bits per heavy atom. The second kappa shape index (κ2) is 4.86. The van der Waals surface area contributed by atoms with Gasteiger partial charge in [-0.15, -0.1) is 0 Å². The summed E-state index contributed by atoms with van der Waals surface area (Å²) in [6.45, 7) is -0.0273. The SMILES string of the molecule is Cn1cc(Cl)cc1C(=O)NCCS(N)(=O)=O. The van der Waals surface area contributed by atoms with Crippen LogP contribution < -0.4 is 10.5 Å². The number of halogens is 1. The fraction of sp³-hybridized carbons (Fsp3) is 0.375. The van der Waals surface area contributed by atoms with Gasteiger partial charge in [0.15, 0.2) is 0 Å². The first-order valence-electron chi connectivity index (χ1n) is 4.40. The molecule has 0 fully saturated rings. The van der Waals surface area contributed by atoms with Gasteiger partial charge in [0.25, 0.3) is 5.91 Å². The molecule has 0 bridgehead atoms. The number of rotatable bonds is 4. The number of aromatic nitrogens is 1. The molecule has 6 nitrogen and oxygen atoms in total. The molecule has 0 aliphatic rings. The third-order valence-corrected chi connectivity index (χ3v) is 2.86. The predicted molar refractivity (Wildman–Crippen MR) is 60.7 cm³/mol. The number of nitrogens with zero attached hydrogens (tertiary/aromatic N) is 1. The van der Waals surface area contributed by atoms with Gasteiger partial charge in [0.2, 0.25) is 10.0 Å². The molecular weight excluding hydrogens is 254 g/mol. The quantitative estimate of drug-likeness (QED) is 0.782. The molecule has 0 radical (unpaired) electrons. The van der Waals surface area contributed by atoms with E-state index in [9.17, 15) is 13.2 Å². The standard InChI is InChI=1S/C8H12ClN3O3S/c1-12-5-6(9)4-7(12)8(13)11-2-3-16(10,14)15/h4-5H,2-3H2,1H3,(H,11,13)(H2,10,14,15). The van der Waals surface area contributed by atoms with Gasteiger partial charge in [-0.05, 0) is 6.07 Å². The van der Waals surface area contributed by atoms with E-state index >= 15 is 0 Å². The summed E-state index contributed by atoms with van der Waals surface area (Å²) in [5.74, 6) is -0.685. The van der Waals surface area contributed by atoms with Gasteiger partial charge < -0.3 is 9.88 Å². The highest BCUT2D eigenvalue weighted by Gasteiger charge is 2.11. The Bertz CT molecular complexity index is 495. The van der Waals surface area contributed by atoms with Gasteiger partial charge in [0.1, 0.15) is 5.69 Å². The summed E-state index contributed by atoms with van der Waals surface area (Å²) in [6, 6.07) is 1.49. The van der Waals surface area contributed by atoms with E-state index in [2.05, 4.69) is 5.32 Å². The number of hydrogen-bond acceptors (Lipinski definition) is 3. The number of amides is 1. The molecule has 0 aliphatic heterocycles. The zero-order chi connectivity index (χ0) is 12.3. The molecule has 0 aromatic carbocycles. The molecule has 1 amide bonds. The van der Waals surface area contributed by atoms with Gasteiger partial charge in [0, 0.05) is 19.8 Å². The number of nitrogens with two attached hydrogens (primary N) is 1. The lowest BCUT2D eigenvalue weighted by atomic mass is 10.4. The van der Waals surface area contributed by atoms with Crippen LogP contribution in [-0.4, -0.2) is 31.2 Å². The van der Waals surface area contributed by atoms with Crippen LogP contribution in [0.3, 0.4) is 0 Å². The van der Waals surface area contributed by atoms with Gasteiger partial charge in [-0.1, -0.05) is 11.6 Å². The molecule has 0 spiro atoms. The summed E-state index contributed by atoms with van der Waals surface area (Å²) < 4.78 is 22.8. The van der Waals surface area contributed by atoms with E-state index in [0.29, 0.717) is 10.7 Å². The van der Waals surface area contributed by atoms with Crippen molar-refractivity contribution in [2.75, 3.05) is 12.3 Å². The first-order chi connectivity index (χ1) is 7.29. The van der Waals surface area contributed by atoms with Crippen LogP contribution in [-0.2, 0) is 17.1 Å². The van der Waals surface area contributed by atoms with E-state index in [1.54, 1.807) is 17.8 Å².